The fourth-order valence-electron chi connectivity index (χ4n) is 3.53. The summed E-state index contributed by atoms with van der Waals surface area (Å²) in [5, 5.41) is 20.4. The molecule has 0 saturated heterocycles. The van der Waals surface area contributed by atoms with Gasteiger partial charge in [-0.05, 0) is 43.5 Å². The highest BCUT2D eigenvalue weighted by Crippen LogP contribution is 2.10. The second-order valence-electron chi connectivity index (χ2n) is 7.92. The molecule has 0 bridgehead atoms. The van der Waals surface area contributed by atoms with E-state index in [0.717, 1.165) is 45.4 Å². The molecule has 0 radical (unpaired) electrons. The van der Waals surface area contributed by atoms with E-state index in [1.165, 1.54) is 11.1 Å². The van der Waals surface area contributed by atoms with Crippen LogP contribution in [0.5, 0.6) is 0 Å². The molecule has 2 rings (SSSR count). The molecule has 0 aliphatic carbocycles. The van der Waals surface area contributed by atoms with E-state index in [0.29, 0.717) is 13.1 Å². The molecule has 0 spiro atoms. The van der Waals surface area contributed by atoms with E-state index in [-0.39, 0.29) is 12.2 Å². The Kier molecular flexibility index (Phi) is 11.0. The van der Waals surface area contributed by atoms with Gasteiger partial charge in [-0.1, -0.05) is 74.5 Å². The number of hydrogen-bond acceptors (Lipinski definition) is 4. The van der Waals surface area contributed by atoms with Gasteiger partial charge in [0.15, 0.2) is 0 Å². The monoisotopic (exact) mass is 398 g/mol. The fraction of sp³-hybridized carbons (Fsp3) is 0.520. The summed E-state index contributed by atoms with van der Waals surface area (Å²) < 4.78 is 0. The molecule has 160 valence electrons. The van der Waals surface area contributed by atoms with E-state index in [1.54, 1.807) is 0 Å². The normalized spacial score (nSPS) is 13.7. The van der Waals surface area contributed by atoms with Crippen LogP contribution >= 0.6 is 0 Å². The van der Waals surface area contributed by atoms with E-state index in [9.17, 15) is 10.2 Å². The van der Waals surface area contributed by atoms with Crippen molar-refractivity contribution in [2.75, 3.05) is 26.2 Å². The summed E-state index contributed by atoms with van der Waals surface area (Å²) in [5.41, 5.74) is 2.55. The van der Waals surface area contributed by atoms with Crippen molar-refractivity contribution >= 4 is 0 Å². The van der Waals surface area contributed by atoms with Crippen molar-refractivity contribution < 1.29 is 10.2 Å². The van der Waals surface area contributed by atoms with Gasteiger partial charge in [0, 0.05) is 26.2 Å². The van der Waals surface area contributed by atoms with Crippen LogP contribution in [0.3, 0.4) is 0 Å². The van der Waals surface area contributed by atoms with E-state index >= 15 is 0 Å². The Balaban J connectivity index is 1.92. The number of rotatable bonds is 14. The molecule has 0 amide bonds. The number of benzene rings is 2. The zero-order chi connectivity index (χ0) is 20.9. The van der Waals surface area contributed by atoms with Gasteiger partial charge in [0.2, 0.25) is 0 Å². The molecule has 2 aromatic carbocycles. The van der Waals surface area contributed by atoms with Crippen LogP contribution in [0.4, 0.5) is 0 Å². The van der Waals surface area contributed by atoms with Crippen LogP contribution in [-0.2, 0) is 13.1 Å². The third kappa shape index (κ3) is 9.55. The van der Waals surface area contributed by atoms with Gasteiger partial charge < -0.3 is 10.2 Å². The predicted octanol–water partition coefficient (Wildman–Crippen LogP) is 3.92. The summed E-state index contributed by atoms with van der Waals surface area (Å²) >= 11 is 0. The van der Waals surface area contributed by atoms with Gasteiger partial charge in [0.1, 0.15) is 0 Å². The summed E-state index contributed by atoms with van der Waals surface area (Å²) in [7, 11) is 0. The van der Waals surface area contributed by atoms with Crippen LogP contribution < -0.4 is 0 Å². The molecule has 0 aliphatic heterocycles. The second-order valence-corrected chi connectivity index (χ2v) is 7.92. The van der Waals surface area contributed by atoms with Gasteiger partial charge in [-0.2, -0.15) is 0 Å². The van der Waals surface area contributed by atoms with Gasteiger partial charge in [0.25, 0.3) is 0 Å². The molecule has 2 atom stereocenters. The third-order valence-corrected chi connectivity index (χ3v) is 5.33. The zero-order valence-corrected chi connectivity index (χ0v) is 18.1. The first kappa shape index (κ1) is 23.6. The lowest BCUT2D eigenvalue weighted by Gasteiger charge is -2.28. The Bertz CT molecular complexity index is 593. The van der Waals surface area contributed by atoms with Gasteiger partial charge in [0.05, 0.1) is 12.2 Å². The first-order valence-corrected chi connectivity index (χ1v) is 11.0. The van der Waals surface area contributed by atoms with Crippen molar-refractivity contribution in [3.63, 3.8) is 0 Å². The lowest BCUT2D eigenvalue weighted by Crippen LogP contribution is -2.36. The molecule has 0 fully saturated rings. The summed E-state index contributed by atoms with van der Waals surface area (Å²) in [5.74, 6) is 0. The Hall–Kier alpha value is -1.72. The van der Waals surface area contributed by atoms with Crippen molar-refractivity contribution in [2.45, 2.75) is 58.4 Å². The van der Waals surface area contributed by atoms with Crippen molar-refractivity contribution in [3.05, 3.63) is 71.8 Å². The molecule has 29 heavy (non-hydrogen) atoms. The van der Waals surface area contributed by atoms with Gasteiger partial charge in [-0.3, -0.25) is 9.80 Å². The summed E-state index contributed by atoms with van der Waals surface area (Å²) in [6.07, 6.45) is 1.97. The smallest absolute Gasteiger partial charge is 0.0664 e. The van der Waals surface area contributed by atoms with Gasteiger partial charge in [-0.25, -0.2) is 0 Å². The van der Waals surface area contributed by atoms with Gasteiger partial charge >= 0.3 is 0 Å². The fourth-order valence-corrected chi connectivity index (χ4v) is 3.53. The number of nitrogens with zero attached hydrogens (tertiary/aromatic N) is 2. The number of aliphatic hydroxyl groups excluding tert-OH is 2. The first-order valence-electron chi connectivity index (χ1n) is 11.0. The maximum Gasteiger partial charge on any atom is 0.0664 e. The highest BCUT2D eigenvalue weighted by atomic mass is 16.3. The van der Waals surface area contributed by atoms with E-state index in [4.69, 9.17) is 0 Å². The molecule has 0 heterocycles. The lowest BCUT2D eigenvalue weighted by atomic mass is 10.1. The minimum absolute atomic E-state index is 0.291. The van der Waals surface area contributed by atoms with E-state index in [1.807, 2.05) is 26.0 Å². The predicted molar refractivity (Wildman–Crippen MR) is 121 cm³/mol. The van der Waals surface area contributed by atoms with Crippen LogP contribution in [0.2, 0.25) is 0 Å². The summed E-state index contributed by atoms with van der Waals surface area (Å²) in [6.45, 7) is 9.02. The lowest BCUT2D eigenvalue weighted by molar-refractivity contribution is 0.0898. The second kappa shape index (κ2) is 13.5. The average Bonchev–Trinajstić information content (AvgIpc) is 2.74. The van der Waals surface area contributed by atoms with Crippen molar-refractivity contribution in [1.82, 2.24) is 9.80 Å². The molecule has 2 unspecified atom stereocenters. The standard InChI is InChI=1S/C25H38N2O2/c1-3-24(28)20-26(18-22-12-7-5-8-13-22)16-11-17-27(21-25(29)4-2)19-23-14-9-6-10-15-23/h5-10,12-15,24-25,28-29H,3-4,11,16-21H2,1-2H3. The van der Waals surface area contributed by atoms with Gasteiger partial charge in [-0.15, -0.1) is 0 Å². The highest BCUT2D eigenvalue weighted by molar-refractivity contribution is 5.15. The van der Waals surface area contributed by atoms with Crippen molar-refractivity contribution in [3.8, 4) is 0 Å². The molecule has 0 aromatic heterocycles. The first-order chi connectivity index (χ1) is 14.1. The summed E-state index contributed by atoms with van der Waals surface area (Å²) in [6, 6.07) is 20.9. The van der Waals surface area contributed by atoms with Crippen molar-refractivity contribution in [1.29, 1.82) is 0 Å². The van der Waals surface area contributed by atoms with Crippen LogP contribution in [0.25, 0.3) is 0 Å². The molecule has 2 N–H and O–H groups in total. The SMILES string of the molecule is CCC(O)CN(CCCN(Cc1ccccc1)CC(O)CC)Cc1ccccc1. The highest BCUT2D eigenvalue weighted by Gasteiger charge is 2.14. The molecule has 4 nitrogen and oxygen atoms in total. The summed E-state index contributed by atoms with van der Waals surface area (Å²) in [4.78, 5) is 4.70. The van der Waals surface area contributed by atoms with Crippen LogP contribution in [-0.4, -0.2) is 58.4 Å². The molecular formula is C25H38N2O2. The largest absolute Gasteiger partial charge is 0.392 e. The van der Waals surface area contributed by atoms with Crippen molar-refractivity contribution in [2.24, 2.45) is 0 Å². The number of aliphatic hydroxyl groups is 2. The minimum atomic E-state index is -0.291. The molecular weight excluding hydrogens is 360 g/mol. The number of hydrogen-bond donors (Lipinski definition) is 2. The quantitative estimate of drug-likeness (QED) is 0.506. The van der Waals surface area contributed by atoms with Crippen LogP contribution in [0.15, 0.2) is 60.7 Å². The maximum atomic E-state index is 10.2. The van der Waals surface area contributed by atoms with E-state index in [2.05, 4.69) is 58.3 Å². The van der Waals surface area contributed by atoms with Crippen LogP contribution in [0, 0.1) is 0 Å². The maximum absolute atomic E-state index is 10.2. The molecule has 0 aliphatic rings. The van der Waals surface area contributed by atoms with E-state index < -0.39 is 0 Å². The Morgan fingerprint density at radius 3 is 1.38 bits per heavy atom. The topological polar surface area (TPSA) is 46.9 Å². The molecule has 0 saturated carbocycles. The Morgan fingerprint density at radius 2 is 1.03 bits per heavy atom. The Morgan fingerprint density at radius 1 is 0.655 bits per heavy atom. The third-order valence-electron chi connectivity index (χ3n) is 5.33. The molecule has 2 aromatic rings. The molecule has 4 heteroatoms. The van der Waals surface area contributed by atoms with Crippen LogP contribution in [0.1, 0.15) is 44.2 Å². The minimum Gasteiger partial charge on any atom is -0.392 e. The zero-order valence-electron chi connectivity index (χ0n) is 18.1. The average molecular weight is 399 g/mol. The Labute approximate surface area is 176 Å².